The zero-order valence-corrected chi connectivity index (χ0v) is 14.3. The van der Waals surface area contributed by atoms with Gasteiger partial charge in [0.1, 0.15) is 5.82 Å². The molecule has 0 aromatic carbocycles. The molecular weight excluding hydrogens is 357 g/mol. The molecule has 1 aromatic rings. The number of hydrogen-bond acceptors (Lipinski definition) is 3. The lowest BCUT2D eigenvalue weighted by molar-refractivity contribution is -0.139. The van der Waals surface area contributed by atoms with Crippen LogP contribution in [0, 0.1) is 6.92 Å². The van der Waals surface area contributed by atoms with Gasteiger partial charge in [-0.25, -0.2) is 13.8 Å². The van der Waals surface area contributed by atoms with E-state index in [0.29, 0.717) is 12.8 Å². The number of nitrogens with two attached hydrogens (primary N) is 1. The molecule has 2 aliphatic rings. The van der Waals surface area contributed by atoms with Gasteiger partial charge in [-0.15, -0.1) is 0 Å². The van der Waals surface area contributed by atoms with E-state index >= 15 is 0 Å². The van der Waals surface area contributed by atoms with Crippen molar-refractivity contribution in [1.82, 2.24) is 4.98 Å². The molecule has 0 spiro atoms. The van der Waals surface area contributed by atoms with Gasteiger partial charge in [0.15, 0.2) is 0 Å². The molecule has 3 rings (SSSR count). The molecule has 1 saturated carbocycles. The van der Waals surface area contributed by atoms with Crippen LogP contribution in [-0.4, -0.2) is 29.9 Å². The molecule has 4 nitrogen and oxygen atoms in total. The van der Waals surface area contributed by atoms with Gasteiger partial charge < -0.3 is 10.6 Å². The maximum Gasteiger partial charge on any atom is 0.418 e. The van der Waals surface area contributed by atoms with Crippen molar-refractivity contribution in [2.45, 2.75) is 57.0 Å². The summed E-state index contributed by atoms with van der Waals surface area (Å²) in [6.07, 6.45) is -4.07. The number of carbonyl (C=O) groups is 1. The Bertz CT molecular complexity index is 728. The van der Waals surface area contributed by atoms with Crippen LogP contribution in [0.25, 0.3) is 0 Å². The van der Waals surface area contributed by atoms with Crippen LogP contribution < -0.4 is 10.6 Å². The highest BCUT2D eigenvalue weighted by atomic mass is 19.4. The highest BCUT2D eigenvalue weighted by Crippen LogP contribution is 2.48. The fourth-order valence-electron chi connectivity index (χ4n) is 3.52. The smallest absolute Gasteiger partial charge is 0.365 e. The summed E-state index contributed by atoms with van der Waals surface area (Å²) in [6, 6.07) is 0. The van der Waals surface area contributed by atoms with E-state index in [1.165, 1.54) is 11.8 Å². The molecular formula is C17H20F5N3O. The van der Waals surface area contributed by atoms with Crippen LogP contribution >= 0.6 is 0 Å². The Balaban J connectivity index is 2.14. The van der Waals surface area contributed by atoms with E-state index in [1.807, 2.05) is 0 Å². The molecule has 0 unspecified atom stereocenters. The number of rotatable bonds is 3. The van der Waals surface area contributed by atoms with E-state index < -0.39 is 30.0 Å². The lowest BCUT2D eigenvalue weighted by Crippen LogP contribution is -2.31. The molecule has 144 valence electrons. The van der Waals surface area contributed by atoms with Crippen LogP contribution in [0.1, 0.15) is 65.2 Å². The second-order valence-electron chi connectivity index (χ2n) is 7.03. The van der Waals surface area contributed by atoms with Crippen LogP contribution in [0.2, 0.25) is 0 Å². The molecule has 0 atom stereocenters. The fraction of sp³-hybridized carbons (Fsp3) is 0.647. The van der Waals surface area contributed by atoms with Crippen molar-refractivity contribution in [3.63, 3.8) is 0 Å². The Morgan fingerprint density at radius 3 is 2.42 bits per heavy atom. The SMILES string of the molecule is Cc1c(C(N)=O)c(N2CCCC(F)(F)CC2)nc(C2CC2)c1C(F)(F)F. The minimum Gasteiger partial charge on any atom is -0.365 e. The van der Waals surface area contributed by atoms with Gasteiger partial charge in [-0.1, -0.05) is 0 Å². The molecule has 1 saturated heterocycles. The molecule has 26 heavy (non-hydrogen) atoms. The maximum atomic E-state index is 13.6. The van der Waals surface area contributed by atoms with E-state index in [2.05, 4.69) is 4.98 Å². The zero-order chi connectivity index (χ0) is 19.3. The second kappa shape index (κ2) is 6.35. The monoisotopic (exact) mass is 377 g/mol. The van der Waals surface area contributed by atoms with Gasteiger partial charge >= 0.3 is 6.18 Å². The number of primary amides is 1. The Kier molecular flexibility index (Phi) is 4.60. The minimum absolute atomic E-state index is 0.00241. The van der Waals surface area contributed by atoms with E-state index in [4.69, 9.17) is 5.73 Å². The number of aromatic nitrogens is 1. The molecule has 2 heterocycles. The van der Waals surface area contributed by atoms with Crippen molar-refractivity contribution >= 4 is 11.7 Å². The highest BCUT2D eigenvalue weighted by Gasteiger charge is 2.43. The molecule has 1 aliphatic heterocycles. The summed E-state index contributed by atoms with van der Waals surface area (Å²) in [7, 11) is 0. The number of nitrogens with zero attached hydrogens (tertiary/aromatic N) is 2. The average Bonchev–Trinajstić information content (AvgIpc) is 3.32. The van der Waals surface area contributed by atoms with Crippen LogP contribution in [0.3, 0.4) is 0 Å². The van der Waals surface area contributed by atoms with Gasteiger partial charge in [0.05, 0.1) is 16.8 Å². The van der Waals surface area contributed by atoms with Crippen LogP contribution in [0.15, 0.2) is 0 Å². The van der Waals surface area contributed by atoms with E-state index in [0.717, 1.165) is 0 Å². The molecule has 2 N–H and O–H groups in total. The standard InChI is InChI=1S/C17H20F5N3O/c1-9-11(14(23)26)15(25-7-2-5-16(18,19)6-8-25)24-13(10-3-4-10)12(9)17(20,21)22/h10H,2-8H2,1H3,(H2,23,26). The van der Waals surface area contributed by atoms with Crippen molar-refractivity contribution in [2.24, 2.45) is 5.73 Å². The predicted octanol–water partition coefficient (Wildman–Crippen LogP) is 4.01. The van der Waals surface area contributed by atoms with Crippen molar-refractivity contribution in [3.8, 4) is 0 Å². The normalized spacial score (nSPS) is 20.8. The first kappa shape index (κ1) is 18.8. The Morgan fingerprint density at radius 1 is 1.23 bits per heavy atom. The number of alkyl halides is 5. The lowest BCUT2D eigenvalue weighted by Gasteiger charge is -2.27. The third kappa shape index (κ3) is 3.61. The zero-order valence-electron chi connectivity index (χ0n) is 14.3. The molecule has 1 aliphatic carbocycles. The quantitative estimate of drug-likeness (QED) is 0.810. The summed E-state index contributed by atoms with van der Waals surface area (Å²) in [6.45, 7) is 1.30. The van der Waals surface area contributed by atoms with Gasteiger partial charge in [0.25, 0.3) is 5.91 Å². The summed E-state index contributed by atoms with van der Waals surface area (Å²) in [5.41, 5.74) is 3.73. The maximum absolute atomic E-state index is 13.6. The van der Waals surface area contributed by atoms with Gasteiger partial charge in [0, 0.05) is 31.8 Å². The van der Waals surface area contributed by atoms with Crippen molar-refractivity contribution in [1.29, 1.82) is 0 Å². The summed E-state index contributed by atoms with van der Waals surface area (Å²) >= 11 is 0. The Labute approximate surface area is 147 Å². The number of halogens is 5. The molecule has 9 heteroatoms. The number of carbonyl (C=O) groups excluding carboxylic acids is 1. The number of anilines is 1. The summed E-state index contributed by atoms with van der Waals surface area (Å²) in [5.74, 6) is -4.18. The Hall–Kier alpha value is -1.93. The topological polar surface area (TPSA) is 59.2 Å². The third-order valence-corrected chi connectivity index (χ3v) is 4.97. The van der Waals surface area contributed by atoms with E-state index in [9.17, 15) is 26.7 Å². The number of pyridine rings is 1. The van der Waals surface area contributed by atoms with E-state index in [1.54, 1.807) is 0 Å². The summed E-state index contributed by atoms with van der Waals surface area (Å²) in [5, 5.41) is 0. The Morgan fingerprint density at radius 2 is 1.88 bits per heavy atom. The van der Waals surface area contributed by atoms with Gasteiger partial charge in [-0.3, -0.25) is 4.79 Å². The number of hydrogen-bond donors (Lipinski definition) is 1. The van der Waals surface area contributed by atoms with Crippen molar-refractivity contribution in [2.75, 3.05) is 18.0 Å². The van der Waals surface area contributed by atoms with Crippen LogP contribution in [0.4, 0.5) is 27.8 Å². The van der Waals surface area contributed by atoms with Gasteiger partial charge in [0.2, 0.25) is 5.92 Å². The second-order valence-corrected chi connectivity index (χ2v) is 7.03. The summed E-state index contributed by atoms with van der Waals surface area (Å²) < 4.78 is 68.0. The summed E-state index contributed by atoms with van der Waals surface area (Å²) in [4.78, 5) is 17.5. The van der Waals surface area contributed by atoms with Gasteiger partial charge in [-0.2, -0.15) is 13.2 Å². The predicted molar refractivity (Wildman–Crippen MR) is 85.5 cm³/mol. The average molecular weight is 377 g/mol. The fourth-order valence-corrected chi connectivity index (χ4v) is 3.52. The van der Waals surface area contributed by atoms with E-state index in [-0.39, 0.29) is 54.5 Å². The molecule has 1 amide bonds. The molecule has 0 radical (unpaired) electrons. The molecule has 2 fully saturated rings. The van der Waals surface area contributed by atoms with Crippen LogP contribution in [0.5, 0.6) is 0 Å². The van der Waals surface area contributed by atoms with Crippen molar-refractivity contribution < 1.29 is 26.7 Å². The first-order valence-corrected chi connectivity index (χ1v) is 8.55. The number of amides is 1. The van der Waals surface area contributed by atoms with Crippen LogP contribution in [-0.2, 0) is 6.18 Å². The van der Waals surface area contributed by atoms with Crippen molar-refractivity contribution in [3.05, 3.63) is 22.4 Å². The highest BCUT2D eigenvalue weighted by molar-refractivity contribution is 5.99. The largest absolute Gasteiger partial charge is 0.418 e. The van der Waals surface area contributed by atoms with Gasteiger partial charge in [-0.05, 0) is 31.7 Å². The molecule has 1 aromatic heterocycles. The lowest BCUT2D eigenvalue weighted by atomic mass is 9.97. The first-order valence-electron chi connectivity index (χ1n) is 8.55. The molecule has 0 bridgehead atoms. The minimum atomic E-state index is -4.66. The third-order valence-electron chi connectivity index (χ3n) is 4.97. The first-order chi connectivity index (χ1) is 12.0.